The minimum absolute atomic E-state index is 0.0653. The molecule has 2 unspecified atom stereocenters. The van der Waals surface area contributed by atoms with Crippen molar-refractivity contribution in [1.82, 2.24) is 19.5 Å². The minimum Gasteiger partial charge on any atom is -0.293 e. The number of carbonyl (C=O) groups excluding carboxylic acids is 1. The lowest BCUT2D eigenvalue weighted by molar-refractivity contribution is 0.0780. The topological polar surface area (TPSA) is 70.5 Å². The second-order valence-corrected chi connectivity index (χ2v) is 7.94. The maximum atomic E-state index is 12.8. The third-order valence-electron chi connectivity index (χ3n) is 5.88. The number of aromatic nitrogens is 3. The van der Waals surface area contributed by atoms with E-state index >= 15 is 0 Å². The van der Waals surface area contributed by atoms with E-state index in [-0.39, 0.29) is 17.4 Å². The predicted octanol–water partition coefficient (Wildman–Crippen LogP) is 3.30. The Hall–Kier alpha value is -2.73. The fraction of sp³-hybridized carbons (Fsp3) is 0.409. The fourth-order valence-corrected chi connectivity index (χ4v) is 4.01. The van der Waals surface area contributed by atoms with Crippen molar-refractivity contribution in [3.8, 4) is 0 Å². The van der Waals surface area contributed by atoms with Crippen LogP contribution in [0.15, 0.2) is 41.2 Å². The van der Waals surface area contributed by atoms with E-state index in [2.05, 4.69) is 21.9 Å². The monoisotopic (exact) mass is 378 g/mol. The number of hydrogen-bond acceptors (Lipinski definition) is 4. The summed E-state index contributed by atoms with van der Waals surface area (Å²) in [7, 11) is 0. The van der Waals surface area contributed by atoms with E-state index in [0.29, 0.717) is 23.7 Å². The van der Waals surface area contributed by atoms with E-state index in [0.717, 1.165) is 36.3 Å². The SMILES string of the molecule is Cc1nc2cc(C3CC(C)CCN3CC(=O)c3ccccc3)[nH]n2c(=O)c1C. The molecular weight excluding hydrogens is 352 g/mol. The summed E-state index contributed by atoms with van der Waals surface area (Å²) >= 11 is 0. The second kappa shape index (κ2) is 7.36. The molecule has 0 bridgehead atoms. The van der Waals surface area contributed by atoms with E-state index < -0.39 is 0 Å². The van der Waals surface area contributed by atoms with E-state index in [1.54, 1.807) is 6.92 Å². The van der Waals surface area contributed by atoms with Crippen LogP contribution in [0.5, 0.6) is 0 Å². The van der Waals surface area contributed by atoms with Gasteiger partial charge in [-0.15, -0.1) is 0 Å². The van der Waals surface area contributed by atoms with Gasteiger partial charge in [0, 0.05) is 22.9 Å². The Morgan fingerprint density at radius 3 is 2.75 bits per heavy atom. The Morgan fingerprint density at radius 1 is 1.25 bits per heavy atom. The average molecular weight is 378 g/mol. The van der Waals surface area contributed by atoms with Crippen molar-refractivity contribution in [2.45, 2.75) is 39.7 Å². The number of aromatic amines is 1. The van der Waals surface area contributed by atoms with E-state index in [9.17, 15) is 9.59 Å². The molecule has 1 fully saturated rings. The first-order valence-electron chi connectivity index (χ1n) is 9.85. The van der Waals surface area contributed by atoms with Crippen molar-refractivity contribution < 1.29 is 4.79 Å². The van der Waals surface area contributed by atoms with Gasteiger partial charge in [-0.05, 0) is 39.2 Å². The number of likely N-dealkylation sites (tertiary alicyclic amines) is 1. The summed E-state index contributed by atoms with van der Waals surface area (Å²) in [5.74, 6) is 0.686. The van der Waals surface area contributed by atoms with Crippen molar-refractivity contribution in [1.29, 1.82) is 0 Å². The second-order valence-electron chi connectivity index (χ2n) is 7.94. The molecule has 2 atom stereocenters. The summed E-state index contributed by atoms with van der Waals surface area (Å²) in [6, 6.07) is 11.5. The summed E-state index contributed by atoms with van der Waals surface area (Å²) < 4.78 is 1.52. The smallest absolute Gasteiger partial charge is 0.275 e. The van der Waals surface area contributed by atoms with Gasteiger partial charge in [0.2, 0.25) is 0 Å². The number of rotatable bonds is 4. The molecule has 4 rings (SSSR count). The minimum atomic E-state index is -0.0653. The van der Waals surface area contributed by atoms with Crippen LogP contribution >= 0.6 is 0 Å². The molecule has 0 saturated carbocycles. The number of nitrogens with one attached hydrogen (secondary N) is 1. The van der Waals surface area contributed by atoms with Crippen LogP contribution in [-0.2, 0) is 0 Å². The molecule has 1 aliphatic rings. The number of aryl methyl sites for hydroxylation is 1. The van der Waals surface area contributed by atoms with Gasteiger partial charge in [-0.3, -0.25) is 19.6 Å². The van der Waals surface area contributed by atoms with Gasteiger partial charge in [-0.2, -0.15) is 0 Å². The largest absolute Gasteiger partial charge is 0.293 e. The number of benzene rings is 1. The number of Topliss-reactive ketones (excluding diaryl/α,β-unsaturated/α-hetero) is 1. The molecular formula is C22H26N4O2. The zero-order chi connectivity index (χ0) is 19.8. The zero-order valence-corrected chi connectivity index (χ0v) is 16.6. The quantitative estimate of drug-likeness (QED) is 0.707. The summed E-state index contributed by atoms with van der Waals surface area (Å²) in [5.41, 5.74) is 3.66. The third-order valence-corrected chi connectivity index (χ3v) is 5.88. The van der Waals surface area contributed by atoms with Crippen molar-refractivity contribution in [3.05, 3.63) is 69.3 Å². The zero-order valence-electron chi connectivity index (χ0n) is 16.6. The highest BCUT2D eigenvalue weighted by molar-refractivity contribution is 5.97. The highest BCUT2D eigenvalue weighted by Crippen LogP contribution is 2.33. The predicted molar refractivity (Wildman–Crippen MR) is 109 cm³/mol. The number of fused-ring (bicyclic) bond motifs is 1. The molecule has 0 amide bonds. The van der Waals surface area contributed by atoms with Gasteiger partial charge in [0.05, 0.1) is 18.3 Å². The molecule has 1 saturated heterocycles. The van der Waals surface area contributed by atoms with Crippen LogP contribution in [0.1, 0.15) is 53.1 Å². The Labute approximate surface area is 164 Å². The standard InChI is InChI=1S/C22H26N4O2/c1-14-9-10-25(13-20(27)17-7-5-4-6-8-17)19(11-14)18-12-21-23-16(3)15(2)22(28)26(21)24-18/h4-8,12,14,19,24H,9-11,13H2,1-3H3. The van der Waals surface area contributed by atoms with Crippen LogP contribution in [0.3, 0.4) is 0 Å². The number of ketones is 1. The Bertz CT molecular complexity index is 1070. The normalized spacial score (nSPS) is 20.5. The third kappa shape index (κ3) is 3.40. The van der Waals surface area contributed by atoms with Gasteiger partial charge < -0.3 is 0 Å². The highest BCUT2D eigenvalue weighted by atomic mass is 16.1. The van der Waals surface area contributed by atoms with Gasteiger partial charge in [0.15, 0.2) is 11.4 Å². The molecule has 0 radical (unpaired) electrons. The van der Waals surface area contributed by atoms with Gasteiger partial charge in [-0.1, -0.05) is 37.3 Å². The summed E-state index contributed by atoms with van der Waals surface area (Å²) in [6.45, 7) is 7.13. The van der Waals surface area contributed by atoms with Crippen molar-refractivity contribution in [2.75, 3.05) is 13.1 Å². The molecule has 0 aliphatic carbocycles. The first kappa shape index (κ1) is 18.6. The molecule has 2 aromatic heterocycles. The van der Waals surface area contributed by atoms with E-state index in [1.807, 2.05) is 43.3 Å². The lowest BCUT2D eigenvalue weighted by atomic mass is 9.90. The number of nitrogens with zero attached hydrogens (tertiary/aromatic N) is 3. The first-order valence-corrected chi connectivity index (χ1v) is 9.85. The number of piperidine rings is 1. The average Bonchev–Trinajstić information content (AvgIpc) is 3.12. The van der Waals surface area contributed by atoms with Crippen LogP contribution in [-0.4, -0.2) is 38.4 Å². The van der Waals surface area contributed by atoms with Gasteiger partial charge in [-0.25, -0.2) is 9.50 Å². The molecule has 6 nitrogen and oxygen atoms in total. The molecule has 146 valence electrons. The first-order chi connectivity index (χ1) is 13.4. The number of H-pyrrole nitrogens is 1. The summed E-state index contributed by atoms with van der Waals surface area (Å²) in [4.78, 5) is 32.1. The molecule has 0 spiro atoms. The van der Waals surface area contributed by atoms with Crippen molar-refractivity contribution in [3.63, 3.8) is 0 Å². The van der Waals surface area contributed by atoms with Crippen LogP contribution in [0.2, 0.25) is 0 Å². The Morgan fingerprint density at radius 2 is 2.00 bits per heavy atom. The van der Waals surface area contributed by atoms with Crippen LogP contribution in [0.25, 0.3) is 5.65 Å². The van der Waals surface area contributed by atoms with Gasteiger partial charge in [0.1, 0.15) is 0 Å². The van der Waals surface area contributed by atoms with Crippen molar-refractivity contribution >= 4 is 11.4 Å². The number of hydrogen-bond donors (Lipinski definition) is 1. The highest BCUT2D eigenvalue weighted by Gasteiger charge is 2.30. The van der Waals surface area contributed by atoms with Gasteiger partial charge >= 0.3 is 0 Å². The van der Waals surface area contributed by atoms with Crippen LogP contribution in [0.4, 0.5) is 0 Å². The summed E-state index contributed by atoms with van der Waals surface area (Å²) in [5, 5.41) is 3.25. The lowest BCUT2D eigenvalue weighted by Gasteiger charge is -2.37. The molecule has 1 N–H and O–H groups in total. The van der Waals surface area contributed by atoms with Crippen LogP contribution in [0, 0.1) is 19.8 Å². The lowest BCUT2D eigenvalue weighted by Crippen LogP contribution is -2.39. The molecule has 1 aliphatic heterocycles. The molecule has 28 heavy (non-hydrogen) atoms. The molecule has 1 aromatic carbocycles. The Kier molecular flexibility index (Phi) is 4.89. The van der Waals surface area contributed by atoms with E-state index in [4.69, 9.17) is 0 Å². The fourth-order valence-electron chi connectivity index (χ4n) is 4.01. The Balaban J connectivity index is 1.67. The van der Waals surface area contributed by atoms with Gasteiger partial charge in [0.25, 0.3) is 5.56 Å². The van der Waals surface area contributed by atoms with Crippen LogP contribution < -0.4 is 5.56 Å². The number of carbonyl (C=O) groups is 1. The van der Waals surface area contributed by atoms with Crippen molar-refractivity contribution in [2.24, 2.45) is 5.92 Å². The molecule has 3 heterocycles. The maximum absolute atomic E-state index is 12.8. The van der Waals surface area contributed by atoms with E-state index in [1.165, 1.54) is 4.52 Å². The molecule has 6 heteroatoms. The maximum Gasteiger partial charge on any atom is 0.275 e. The summed E-state index contributed by atoms with van der Waals surface area (Å²) in [6.07, 6.45) is 2.01. The molecule has 3 aromatic rings.